The molecular weight excluding hydrogens is 238 g/mol. The molecule has 2 rings (SSSR count). The third kappa shape index (κ3) is 3.55. The summed E-state index contributed by atoms with van der Waals surface area (Å²) in [5.74, 6) is 0.604. The molecule has 4 heteroatoms. The minimum absolute atomic E-state index is 0.00556. The number of nitriles is 1. The van der Waals surface area contributed by atoms with Crippen LogP contribution in [0.2, 0.25) is 0 Å². The third-order valence-corrected chi connectivity index (χ3v) is 3.60. The number of hydrogen-bond acceptors (Lipinski definition) is 3. The van der Waals surface area contributed by atoms with Crippen LogP contribution < -0.4 is 10.6 Å². The van der Waals surface area contributed by atoms with Gasteiger partial charge in [-0.3, -0.25) is 4.79 Å². The Bertz CT molecular complexity index is 499. The van der Waals surface area contributed by atoms with E-state index in [0.717, 1.165) is 31.5 Å². The Labute approximate surface area is 113 Å². The second-order valence-electron chi connectivity index (χ2n) is 5.05. The van der Waals surface area contributed by atoms with E-state index in [-0.39, 0.29) is 5.91 Å². The Morgan fingerprint density at radius 2 is 2.42 bits per heavy atom. The van der Waals surface area contributed by atoms with Crippen molar-refractivity contribution in [3.63, 3.8) is 0 Å². The molecular formula is C15H19N3O. The molecule has 1 saturated heterocycles. The second kappa shape index (κ2) is 6.35. The van der Waals surface area contributed by atoms with E-state index in [0.29, 0.717) is 23.6 Å². The van der Waals surface area contributed by atoms with Crippen molar-refractivity contribution in [1.29, 1.82) is 5.26 Å². The lowest BCUT2D eigenvalue weighted by Gasteiger charge is -2.10. The van der Waals surface area contributed by atoms with E-state index >= 15 is 0 Å². The molecule has 0 spiro atoms. The van der Waals surface area contributed by atoms with Gasteiger partial charge in [0.05, 0.1) is 11.3 Å². The zero-order valence-electron chi connectivity index (χ0n) is 11.2. The topological polar surface area (TPSA) is 64.9 Å². The summed E-state index contributed by atoms with van der Waals surface area (Å²) in [6.07, 6.45) is 2.58. The van der Waals surface area contributed by atoms with Crippen LogP contribution in [0.4, 0.5) is 5.69 Å². The summed E-state index contributed by atoms with van der Waals surface area (Å²) < 4.78 is 0. The molecule has 1 unspecified atom stereocenters. The van der Waals surface area contributed by atoms with Crippen LogP contribution in [0.25, 0.3) is 0 Å². The standard InChI is InChI=1S/C15H19N3O/c1-11-3-2-4-14(13(11)9-16)18-15(19)6-5-12-7-8-17-10-12/h2-4,12,17H,5-8,10H2,1H3,(H,18,19). The quantitative estimate of drug-likeness (QED) is 0.869. The van der Waals surface area contributed by atoms with Crippen LogP contribution in [0.15, 0.2) is 18.2 Å². The number of nitrogens with zero attached hydrogens (tertiary/aromatic N) is 1. The van der Waals surface area contributed by atoms with Gasteiger partial charge in [0.15, 0.2) is 0 Å². The Kier molecular flexibility index (Phi) is 4.53. The van der Waals surface area contributed by atoms with E-state index in [9.17, 15) is 4.79 Å². The molecule has 1 atom stereocenters. The minimum Gasteiger partial charge on any atom is -0.325 e. The van der Waals surface area contributed by atoms with Crippen molar-refractivity contribution < 1.29 is 4.79 Å². The molecule has 0 bridgehead atoms. The largest absolute Gasteiger partial charge is 0.325 e. The highest BCUT2D eigenvalue weighted by Gasteiger charge is 2.16. The van der Waals surface area contributed by atoms with Crippen LogP contribution in [0.5, 0.6) is 0 Å². The van der Waals surface area contributed by atoms with Gasteiger partial charge in [-0.2, -0.15) is 5.26 Å². The highest BCUT2D eigenvalue weighted by atomic mass is 16.1. The van der Waals surface area contributed by atoms with E-state index in [1.807, 2.05) is 19.1 Å². The Morgan fingerprint density at radius 1 is 1.58 bits per heavy atom. The number of carbonyl (C=O) groups is 1. The molecule has 1 heterocycles. The van der Waals surface area contributed by atoms with Crippen LogP contribution >= 0.6 is 0 Å². The van der Waals surface area contributed by atoms with Crippen molar-refractivity contribution in [1.82, 2.24) is 5.32 Å². The number of carbonyl (C=O) groups excluding carboxylic acids is 1. The first-order valence-electron chi connectivity index (χ1n) is 6.71. The summed E-state index contributed by atoms with van der Waals surface area (Å²) in [6, 6.07) is 7.65. The number of anilines is 1. The molecule has 100 valence electrons. The first-order valence-corrected chi connectivity index (χ1v) is 6.71. The number of amides is 1. The van der Waals surface area contributed by atoms with Gasteiger partial charge in [-0.1, -0.05) is 12.1 Å². The zero-order chi connectivity index (χ0) is 13.7. The fourth-order valence-electron chi connectivity index (χ4n) is 2.43. The van der Waals surface area contributed by atoms with Gasteiger partial charge in [0.1, 0.15) is 6.07 Å². The summed E-state index contributed by atoms with van der Waals surface area (Å²) in [7, 11) is 0. The molecule has 1 aromatic rings. The Morgan fingerprint density at radius 3 is 3.11 bits per heavy atom. The van der Waals surface area contributed by atoms with Crippen molar-refractivity contribution in [3.8, 4) is 6.07 Å². The van der Waals surface area contributed by atoms with Crippen LogP contribution in [-0.4, -0.2) is 19.0 Å². The molecule has 19 heavy (non-hydrogen) atoms. The molecule has 4 nitrogen and oxygen atoms in total. The van der Waals surface area contributed by atoms with Gasteiger partial charge in [-0.15, -0.1) is 0 Å². The monoisotopic (exact) mass is 257 g/mol. The SMILES string of the molecule is Cc1cccc(NC(=O)CCC2CCNC2)c1C#N. The smallest absolute Gasteiger partial charge is 0.224 e. The number of benzene rings is 1. The molecule has 1 aliphatic rings. The van der Waals surface area contributed by atoms with Crippen molar-refractivity contribution in [3.05, 3.63) is 29.3 Å². The van der Waals surface area contributed by atoms with E-state index < -0.39 is 0 Å². The normalized spacial score (nSPS) is 18.0. The lowest BCUT2D eigenvalue weighted by Crippen LogP contribution is -2.15. The van der Waals surface area contributed by atoms with Crippen LogP contribution in [0.3, 0.4) is 0 Å². The van der Waals surface area contributed by atoms with Gasteiger partial charge in [-0.05, 0) is 50.4 Å². The summed E-state index contributed by atoms with van der Waals surface area (Å²) in [5.41, 5.74) is 2.07. The van der Waals surface area contributed by atoms with Gasteiger partial charge in [0.2, 0.25) is 5.91 Å². The van der Waals surface area contributed by atoms with Crippen molar-refractivity contribution in [2.75, 3.05) is 18.4 Å². The Balaban J connectivity index is 1.91. The summed E-state index contributed by atoms with van der Waals surface area (Å²) in [6.45, 7) is 3.95. The van der Waals surface area contributed by atoms with E-state index in [2.05, 4.69) is 16.7 Å². The molecule has 0 radical (unpaired) electrons. The van der Waals surface area contributed by atoms with E-state index in [1.54, 1.807) is 6.07 Å². The molecule has 0 saturated carbocycles. The zero-order valence-corrected chi connectivity index (χ0v) is 11.2. The lowest BCUT2D eigenvalue weighted by molar-refractivity contribution is -0.116. The van der Waals surface area contributed by atoms with Gasteiger partial charge in [0.25, 0.3) is 0 Å². The first kappa shape index (κ1) is 13.6. The summed E-state index contributed by atoms with van der Waals surface area (Å²) >= 11 is 0. The minimum atomic E-state index is -0.00556. The highest BCUT2D eigenvalue weighted by Crippen LogP contribution is 2.20. The van der Waals surface area contributed by atoms with Gasteiger partial charge in [-0.25, -0.2) is 0 Å². The van der Waals surface area contributed by atoms with Crippen molar-refractivity contribution in [2.24, 2.45) is 5.92 Å². The molecule has 1 amide bonds. The second-order valence-corrected chi connectivity index (χ2v) is 5.05. The van der Waals surface area contributed by atoms with Gasteiger partial charge >= 0.3 is 0 Å². The van der Waals surface area contributed by atoms with Crippen LogP contribution in [0, 0.1) is 24.2 Å². The predicted octanol–water partition coefficient (Wildman–Crippen LogP) is 2.19. The maximum absolute atomic E-state index is 11.9. The fourth-order valence-corrected chi connectivity index (χ4v) is 2.43. The number of rotatable bonds is 4. The molecule has 1 aromatic carbocycles. The molecule has 1 fully saturated rings. The summed E-state index contributed by atoms with van der Waals surface area (Å²) in [4.78, 5) is 11.9. The number of aryl methyl sites for hydroxylation is 1. The average Bonchev–Trinajstić information content (AvgIpc) is 2.90. The fraction of sp³-hybridized carbons (Fsp3) is 0.467. The van der Waals surface area contributed by atoms with Gasteiger partial charge < -0.3 is 10.6 Å². The molecule has 2 N–H and O–H groups in total. The molecule has 1 aliphatic heterocycles. The Hall–Kier alpha value is -1.86. The van der Waals surface area contributed by atoms with Crippen LogP contribution in [-0.2, 0) is 4.79 Å². The number of hydrogen-bond donors (Lipinski definition) is 2. The van der Waals surface area contributed by atoms with Crippen LogP contribution in [0.1, 0.15) is 30.4 Å². The molecule has 0 aromatic heterocycles. The van der Waals surface area contributed by atoms with Crippen molar-refractivity contribution in [2.45, 2.75) is 26.2 Å². The maximum atomic E-state index is 11.9. The average molecular weight is 257 g/mol. The molecule has 0 aliphatic carbocycles. The van der Waals surface area contributed by atoms with E-state index in [4.69, 9.17) is 5.26 Å². The number of nitrogens with one attached hydrogen (secondary N) is 2. The summed E-state index contributed by atoms with van der Waals surface area (Å²) in [5, 5.41) is 15.2. The third-order valence-electron chi connectivity index (χ3n) is 3.60. The van der Waals surface area contributed by atoms with E-state index in [1.165, 1.54) is 0 Å². The maximum Gasteiger partial charge on any atom is 0.224 e. The predicted molar refractivity (Wildman–Crippen MR) is 74.7 cm³/mol. The lowest BCUT2D eigenvalue weighted by atomic mass is 10.0. The van der Waals surface area contributed by atoms with Crippen molar-refractivity contribution >= 4 is 11.6 Å². The highest BCUT2D eigenvalue weighted by molar-refractivity contribution is 5.92. The van der Waals surface area contributed by atoms with Gasteiger partial charge in [0, 0.05) is 6.42 Å². The first-order chi connectivity index (χ1) is 9.20.